The fourth-order valence-corrected chi connectivity index (χ4v) is 3.23. The molecule has 0 bridgehead atoms. The molecule has 0 saturated carbocycles. The first-order valence-corrected chi connectivity index (χ1v) is 9.24. The van der Waals surface area contributed by atoms with E-state index in [-0.39, 0.29) is 0 Å². The fourth-order valence-electron chi connectivity index (χ4n) is 2.62. The van der Waals surface area contributed by atoms with Crippen LogP contribution in [0.15, 0.2) is 66.0 Å². The molecule has 0 fully saturated rings. The second kappa shape index (κ2) is 8.70. The second-order valence-electron chi connectivity index (χ2n) is 5.87. The second-order valence-corrected chi connectivity index (χ2v) is 6.90. The van der Waals surface area contributed by atoms with Gasteiger partial charge in [0, 0.05) is 17.5 Å². The van der Waals surface area contributed by atoms with Crippen molar-refractivity contribution in [1.29, 1.82) is 0 Å². The van der Waals surface area contributed by atoms with E-state index in [9.17, 15) is 0 Å². The molecule has 130 valence electrons. The van der Waals surface area contributed by atoms with E-state index < -0.39 is 0 Å². The van der Waals surface area contributed by atoms with Crippen LogP contribution in [0.3, 0.4) is 0 Å². The minimum atomic E-state index is 0.293. The highest BCUT2D eigenvalue weighted by Crippen LogP contribution is 2.29. The molecule has 25 heavy (non-hydrogen) atoms. The molecule has 4 heteroatoms. The van der Waals surface area contributed by atoms with Gasteiger partial charge in [0.15, 0.2) is 11.5 Å². The third kappa shape index (κ3) is 4.84. The van der Waals surface area contributed by atoms with E-state index in [1.54, 1.807) is 18.4 Å². The first kappa shape index (κ1) is 17.5. The molecule has 1 heterocycles. The molecule has 0 spiro atoms. The van der Waals surface area contributed by atoms with Gasteiger partial charge in [-0.3, -0.25) is 0 Å². The third-order valence-corrected chi connectivity index (χ3v) is 4.94. The number of benzene rings is 2. The number of methoxy groups -OCH3 is 1. The summed E-state index contributed by atoms with van der Waals surface area (Å²) in [6.07, 6.45) is 0. The van der Waals surface area contributed by atoms with E-state index in [1.165, 1.54) is 16.0 Å². The summed E-state index contributed by atoms with van der Waals surface area (Å²) in [6, 6.07) is 20.9. The molecule has 1 N–H and O–H groups in total. The van der Waals surface area contributed by atoms with Crippen LogP contribution in [0.2, 0.25) is 0 Å². The molecule has 1 atom stereocenters. The predicted molar refractivity (Wildman–Crippen MR) is 103 cm³/mol. The van der Waals surface area contributed by atoms with Crippen LogP contribution in [-0.4, -0.2) is 7.11 Å². The third-order valence-electron chi connectivity index (χ3n) is 4.09. The van der Waals surface area contributed by atoms with Crippen molar-refractivity contribution in [1.82, 2.24) is 5.32 Å². The average Bonchev–Trinajstić information content (AvgIpc) is 3.19. The van der Waals surface area contributed by atoms with E-state index in [0.29, 0.717) is 12.6 Å². The molecule has 0 aliphatic carbocycles. The van der Waals surface area contributed by atoms with Crippen molar-refractivity contribution >= 4 is 11.3 Å². The summed E-state index contributed by atoms with van der Waals surface area (Å²) < 4.78 is 11.4. The first-order chi connectivity index (χ1) is 12.3. The Bertz CT molecular complexity index is 772. The predicted octanol–water partition coefficient (Wildman–Crippen LogP) is 5.19. The van der Waals surface area contributed by atoms with E-state index in [1.807, 2.05) is 24.3 Å². The van der Waals surface area contributed by atoms with Gasteiger partial charge in [0.1, 0.15) is 6.61 Å². The molecule has 0 saturated heterocycles. The maximum atomic E-state index is 5.89. The van der Waals surface area contributed by atoms with E-state index in [4.69, 9.17) is 9.47 Å². The van der Waals surface area contributed by atoms with Crippen molar-refractivity contribution in [3.63, 3.8) is 0 Å². The Balaban J connectivity index is 1.60. The van der Waals surface area contributed by atoms with Crippen molar-refractivity contribution in [3.05, 3.63) is 82.0 Å². The quantitative estimate of drug-likeness (QED) is 0.605. The van der Waals surface area contributed by atoms with E-state index in [2.05, 4.69) is 54.0 Å². The SMILES string of the molecule is COc1cc(CN[C@@H](C)c2ccccc2)ccc1OCc1cccs1. The van der Waals surface area contributed by atoms with Gasteiger partial charge in [-0.05, 0) is 41.6 Å². The Morgan fingerprint density at radius 1 is 1.00 bits per heavy atom. The maximum absolute atomic E-state index is 5.89. The van der Waals surface area contributed by atoms with Crippen LogP contribution in [0.1, 0.15) is 29.0 Å². The lowest BCUT2D eigenvalue weighted by atomic mass is 10.1. The zero-order valence-corrected chi connectivity index (χ0v) is 15.4. The van der Waals surface area contributed by atoms with Gasteiger partial charge in [0.2, 0.25) is 0 Å². The molecule has 0 amide bonds. The molecular weight excluding hydrogens is 330 g/mol. The van der Waals surface area contributed by atoms with Gasteiger partial charge in [-0.1, -0.05) is 42.5 Å². The van der Waals surface area contributed by atoms with Gasteiger partial charge in [-0.2, -0.15) is 0 Å². The standard InChI is InChI=1S/C21H23NO2S/c1-16(18-7-4-3-5-8-18)22-14-17-10-11-20(21(13-17)23-2)24-15-19-9-6-12-25-19/h3-13,16,22H,14-15H2,1-2H3/t16-/m0/s1. The number of ether oxygens (including phenoxy) is 2. The van der Waals surface area contributed by atoms with Crippen LogP contribution in [-0.2, 0) is 13.2 Å². The summed E-state index contributed by atoms with van der Waals surface area (Å²) in [4.78, 5) is 1.20. The zero-order valence-electron chi connectivity index (χ0n) is 14.6. The van der Waals surface area contributed by atoms with Crippen LogP contribution >= 0.6 is 11.3 Å². The Morgan fingerprint density at radius 3 is 2.56 bits per heavy atom. The smallest absolute Gasteiger partial charge is 0.161 e. The lowest BCUT2D eigenvalue weighted by Gasteiger charge is -2.16. The van der Waals surface area contributed by atoms with Crippen molar-refractivity contribution in [3.8, 4) is 11.5 Å². The van der Waals surface area contributed by atoms with Gasteiger partial charge in [-0.15, -0.1) is 11.3 Å². The van der Waals surface area contributed by atoms with Crippen LogP contribution in [0.4, 0.5) is 0 Å². The molecule has 0 radical (unpaired) electrons. The number of thiophene rings is 1. The summed E-state index contributed by atoms with van der Waals surface area (Å²) in [7, 11) is 1.68. The summed E-state index contributed by atoms with van der Waals surface area (Å²) in [5.41, 5.74) is 2.45. The average molecular weight is 353 g/mol. The summed E-state index contributed by atoms with van der Waals surface area (Å²) in [6.45, 7) is 3.51. The number of rotatable bonds is 8. The van der Waals surface area contributed by atoms with Crippen LogP contribution in [0, 0.1) is 0 Å². The van der Waals surface area contributed by atoms with E-state index >= 15 is 0 Å². The van der Waals surface area contributed by atoms with Gasteiger partial charge in [-0.25, -0.2) is 0 Å². The lowest BCUT2D eigenvalue weighted by molar-refractivity contribution is 0.287. The zero-order chi connectivity index (χ0) is 17.5. The number of hydrogen-bond acceptors (Lipinski definition) is 4. The van der Waals surface area contributed by atoms with Crippen molar-refractivity contribution in [2.45, 2.75) is 26.1 Å². The summed E-state index contributed by atoms with van der Waals surface area (Å²) in [5, 5.41) is 5.60. The summed E-state index contributed by atoms with van der Waals surface area (Å²) in [5.74, 6) is 1.54. The number of nitrogens with one attached hydrogen (secondary N) is 1. The Morgan fingerprint density at radius 2 is 1.84 bits per heavy atom. The largest absolute Gasteiger partial charge is 0.493 e. The Hall–Kier alpha value is -2.30. The Labute approximate surface area is 153 Å². The van der Waals surface area contributed by atoms with Gasteiger partial charge in [0.25, 0.3) is 0 Å². The molecule has 0 unspecified atom stereocenters. The topological polar surface area (TPSA) is 30.5 Å². The van der Waals surface area contributed by atoms with Crippen LogP contribution < -0.4 is 14.8 Å². The van der Waals surface area contributed by atoms with Gasteiger partial charge >= 0.3 is 0 Å². The molecule has 1 aromatic heterocycles. The normalized spacial score (nSPS) is 11.9. The molecular formula is C21H23NO2S. The fraction of sp³-hybridized carbons (Fsp3) is 0.238. The van der Waals surface area contributed by atoms with Crippen LogP contribution in [0.5, 0.6) is 11.5 Å². The molecule has 2 aromatic carbocycles. The van der Waals surface area contributed by atoms with Crippen LogP contribution in [0.25, 0.3) is 0 Å². The highest BCUT2D eigenvalue weighted by molar-refractivity contribution is 7.09. The highest BCUT2D eigenvalue weighted by atomic mass is 32.1. The van der Waals surface area contributed by atoms with Gasteiger partial charge < -0.3 is 14.8 Å². The van der Waals surface area contributed by atoms with Crippen molar-refractivity contribution in [2.75, 3.05) is 7.11 Å². The molecule has 3 nitrogen and oxygen atoms in total. The number of hydrogen-bond donors (Lipinski definition) is 1. The monoisotopic (exact) mass is 353 g/mol. The Kier molecular flexibility index (Phi) is 6.09. The first-order valence-electron chi connectivity index (χ1n) is 8.36. The lowest BCUT2D eigenvalue weighted by Crippen LogP contribution is -2.18. The molecule has 3 aromatic rings. The molecule has 3 rings (SSSR count). The van der Waals surface area contributed by atoms with Crippen molar-refractivity contribution in [2.24, 2.45) is 0 Å². The molecule has 0 aliphatic rings. The minimum Gasteiger partial charge on any atom is -0.493 e. The molecule has 0 aliphatic heterocycles. The van der Waals surface area contributed by atoms with E-state index in [0.717, 1.165) is 18.0 Å². The van der Waals surface area contributed by atoms with Crippen molar-refractivity contribution < 1.29 is 9.47 Å². The maximum Gasteiger partial charge on any atom is 0.161 e. The van der Waals surface area contributed by atoms with Gasteiger partial charge in [0.05, 0.1) is 7.11 Å². The highest BCUT2D eigenvalue weighted by Gasteiger charge is 2.08. The minimum absolute atomic E-state index is 0.293. The summed E-state index contributed by atoms with van der Waals surface area (Å²) >= 11 is 1.69.